The lowest BCUT2D eigenvalue weighted by molar-refractivity contribution is 0.492. The molecule has 1 heterocycles. The molecular formula is C14H22Cl2N2. The Bertz CT molecular complexity index is 356. The summed E-state index contributed by atoms with van der Waals surface area (Å²) in [4.78, 5) is 4.34. The second kappa shape index (κ2) is 8.73. The van der Waals surface area contributed by atoms with E-state index in [0.29, 0.717) is 10.0 Å². The molecule has 0 saturated heterocycles. The van der Waals surface area contributed by atoms with Crippen LogP contribution in [-0.2, 0) is 0 Å². The van der Waals surface area contributed by atoms with Gasteiger partial charge in [0.05, 0.1) is 21.8 Å². The van der Waals surface area contributed by atoms with E-state index in [-0.39, 0.29) is 6.04 Å². The Balaban J connectivity index is 2.49. The van der Waals surface area contributed by atoms with Crippen LogP contribution in [0.25, 0.3) is 0 Å². The maximum absolute atomic E-state index is 6.18. The molecule has 1 rings (SSSR count). The molecule has 0 amide bonds. The van der Waals surface area contributed by atoms with Crippen LogP contribution in [0.15, 0.2) is 12.3 Å². The van der Waals surface area contributed by atoms with Crippen LogP contribution < -0.4 is 5.32 Å². The number of unbranched alkanes of at least 4 members (excludes halogenated alkanes) is 4. The van der Waals surface area contributed by atoms with E-state index in [1.807, 2.05) is 7.05 Å². The van der Waals surface area contributed by atoms with Crippen molar-refractivity contribution >= 4 is 23.2 Å². The lowest BCUT2D eigenvalue weighted by atomic mass is 10.0. The maximum atomic E-state index is 6.18. The summed E-state index contributed by atoms with van der Waals surface area (Å²) < 4.78 is 0. The van der Waals surface area contributed by atoms with Gasteiger partial charge in [-0.05, 0) is 19.5 Å². The zero-order chi connectivity index (χ0) is 13.4. The van der Waals surface area contributed by atoms with Crippen molar-refractivity contribution in [1.82, 2.24) is 10.3 Å². The van der Waals surface area contributed by atoms with Crippen molar-refractivity contribution in [3.63, 3.8) is 0 Å². The number of rotatable bonds is 8. The predicted octanol–water partition coefficient (Wildman–Crippen LogP) is 5.01. The Morgan fingerprint density at radius 3 is 2.56 bits per heavy atom. The van der Waals surface area contributed by atoms with E-state index in [2.05, 4.69) is 17.2 Å². The maximum Gasteiger partial charge on any atom is 0.0760 e. The molecule has 18 heavy (non-hydrogen) atoms. The highest BCUT2D eigenvalue weighted by Crippen LogP contribution is 2.26. The third kappa shape index (κ3) is 5.13. The first-order chi connectivity index (χ1) is 8.69. The van der Waals surface area contributed by atoms with E-state index in [4.69, 9.17) is 23.2 Å². The van der Waals surface area contributed by atoms with E-state index in [1.54, 1.807) is 12.3 Å². The first kappa shape index (κ1) is 15.7. The number of hydrogen-bond donors (Lipinski definition) is 1. The molecule has 2 nitrogen and oxygen atoms in total. The largest absolute Gasteiger partial charge is 0.312 e. The molecule has 1 unspecified atom stereocenters. The van der Waals surface area contributed by atoms with Crippen molar-refractivity contribution in [2.45, 2.75) is 51.5 Å². The van der Waals surface area contributed by atoms with Crippen molar-refractivity contribution in [1.29, 1.82) is 0 Å². The van der Waals surface area contributed by atoms with Gasteiger partial charge >= 0.3 is 0 Å². The summed E-state index contributed by atoms with van der Waals surface area (Å²) in [5.74, 6) is 0. The second-order valence-corrected chi connectivity index (χ2v) is 5.41. The van der Waals surface area contributed by atoms with Crippen molar-refractivity contribution in [2.24, 2.45) is 0 Å². The number of nitrogens with one attached hydrogen (secondary N) is 1. The molecule has 0 spiro atoms. The zero-order valence-corrected chi connectivity index (χ0v) is 12.7. The van der Waals surface area contributed by atoms with Crippen LogP contribution in [0, 0.1) is 0 Å². The molecule has 0 aliphatic rings. The monoisotopic (exact) mass is 288 g/mol. The van der Waals surface area contributed by atoms with Crippen LogP contribution in [0.4, 0.5) is 0 Å². The molecule has 0 radical (unpaired) electrons. The molecule has 1 N–H and O–H groups in total. The van der Waals surface area contributed by atoms with Gasteiger partial charge in [-0.15, -0.1) is 0 Å². The summed E-state index contributed by atoms with van der Waals surface area (Å²) in [6.45, 7) is 2.23. The topological polar surface area (TPSA) is 24.9 Å². The first-order valence-electron chi connectivity index (χ1n) is 6.67. The summed E-state index contributed by atoms with van der Waals surface area (Å²) in [5, 5.41) is 4.51. The number of pyridine rings is 1. The second-order valence-electron chi connectivity index (χ2n) is 4.56. The average Bonchev–Trinajstić information content (AvgIpc) is 2.35. The van der Waals surface area contributed by atoms with Gasteiger partial charge in [-0.3, -0.25) is 4.98 Å². The normalized spacial score (nSPS) is 12.7. The molecule has 4 heteroatoms. The van der Waals surface area contributed by atoms with Gasteiger partial charge in [0.25, 0.3) is 0 Å². The summed E-state index contributed by atoms with van der Waals surface area (Å²) in [7, 11) is 1.95. The minimum absolute atomic E-state index is 0.219. The number of hydrogen-bond acceptors (Lipinski definition) is 2. The number of halogens is 2. The molecule has 0 aromatic carbocycles. The fourth-order valence-electron chi connectivity index (χ4n) is 2.05. The molecule has 1 aromatic rings. The fourth-order valence-corrected chi connectivity index (χ4v) is 2.56. The Kier molecular flexibility index (Phi) is 7.64. The minimum atomic E-state index is 0.219. The van der Waals surface area contributed by atoms with E-state index >= 15 is 0 Å². The third-order valence-corrected chi connectivity index (χ3v) is 3.62. The molecule has 0 bridgehead atoms. The van der Waals surface area contributed by atoms with Gasteiger partial charge in [-0.25, -0.2) is 0 Å². The molecular weight excluding hydrogens is 267 g/mol. The van der Waals surface area contributed by atoms with Crippen molar-refractivity contribution < 1.29 is 0 Å². The first-order valence-corrected chi connectivity index (χ1v) is 7.42. The van der Waals surface area contributed by atoms with Crippen LogP contribution in [-0.4, -0.2) is 12.0 Å². The molecule has 0 aliphatic carbocycles. The van der Waals surface area contributed by atoms with Crippen molar-refractivity contribution in [3.05, 3.63) is 28.0 Å². The molecule has 1 aromatic heterocycles. The van der Waals surface area contributed by atoms with Gasteiger partial charge in [0.15, 0.2) is 0 Å². The summed E-state index contributed by atoms with van der Waals surface area (Å²) in [6.07, 6.45) is 9.11. The zero-order valence-electron chi connectivity index (χ0n) is 11.2. The Hall–Kier alpha value is -0.310. The van der Waals surface area contributed by atoms with E-state index in [9.17, 15) is 0 Å². The van der Waals surface area contributed by atoms with E-state index in [0.717, 1.165) is 12.1 Å². The Morgan fingerprint density at radius 2 is 1.94 bits per heavy atom. The predicted molar refractivity (Wildman–Crippen MR) is 79.4 cm³/mol. The van der Waals surface area contributed by atoms with Crippen molar-refractivity contribution in [3.8, 4) is 0 Å². The smallest absolute Gasteiger partial charge is 0.0760 e. The number of aromatic nitrogens is 1. The molecule has 0 fully saturated rings. The van der Waals surface area contributed by atoms with Gasteiger partial charge in [0.2, 0.25) is 0 Å². The summed E-state index contributed by atoms with van der Waals surface area (Å²) in [6, 6.07) is 1.98. The van der Waals surface area contributed by atoms with Gasteiger partial charge in [0, 0.05) is 6.20 Å². The molecule has 0 saturated carbocycles. The van der Waals surface area contributed by atoms with E-state index in [1.165, 1.54) is 32.1 Å². The van der Waals surface area contributed by atoms with E-state index < -0.39 is 0 Å². The fraction of sp³-hybridized carbons (Fsp3) is 0.643. The molecule has 0 aliphatic heterocycles. The summed E-state index contributed by atoms with van der Waals surface area (Å²) >= 11 is 12.0. The van der Waals surface area contributed by atoms with Crippen LogP contribution in [0.3, 0.4) is 0 Å². The van der Waals surface area contributed by atoms with Gasteiger partial charge in [-0.1, -0.05) is 62.2 Å². The highest BCUT2D eigenvalue weighted by atomic mass is 35.5. The number of nitrogens with zero attached hydrogens (tertiary/aromatic N) is 1. The van der Waals surface area contributed by atoms with Gasteiger partial charge in [0.1, 0.15) is 0 Å². The Morgan fingerprint density at radius 1 is 1.22 bits per heavy atom. The van der Waals surface area contributed by atoms with Crippen LogP contribution in [0.2, 0.25) is 10.0 Å². The molecule has 1 atom stereocenters. The highest BCUT2D eigenvalue weighted by Gasteiger charge is 2.14. The lowest BCUT2D eigenvalue weighted by Gasteiger charge is -2.16. The van der Waals surface area contributed by atoms with Crippen LogP contribution >= 0.6 is 23.2 Å². The molecule has 102 valence electrons. The van der Waals surface area contributed by atoms with Crippen molar-refractivity contribution in [2.75, 3.05) is 7.05 Å². The SMILES string of the molecule is CCCCCCCC(NC)c1ncc(Cl)cc1Cl. The third-order valence-electron chi connectivity index (χ3n) is 3.11. The highest BCUT2D eigenvalue weighted by molar-refractivity contribution is 6.34. The standard InChI is InChI=1S/C14H22Cl2N2/c1-3-4-5-6-7-8-13(17-2)14-12(16)9-11(15)10-18-14/h9-10,13,17H,3-8H2,1-2H3. The quantitative estimate of drug-likeness (QED) is 0.680. The van der Waals surface area contributed by atoms with Gasteiger partial charge in [-0.2, -0.15) is 0 Å². The van der Waals surface area contributed by atoms with Crippen LogP contribution in [0.1, 0.15) is 57.2 Å². The van der Waals surface area contributed by atoms with Gasteiger partial charge < -0.3 is 5.32 Å². The lowest BCUT2D eigenvalue weighted by Crippen LogP contribution is -2.18. The van der Waals surface area contributed by atoms with Crippen LogP contribution in [0.5, 0.6) is 0 Å². The Labute approximate surface area is 120 Å². The minimum Gasteiger partial charge on any atom is -0.312 e. The summed E-state index contributed by atoms with van der Waals surface area (Å²) in [5.41, 5.74) is 0.902. The average molecular weight is 289 g/mol.